The minimum atomic E-state index is -0.280. The summed E-state index contributed by atoms with van der Waals surface area (Å²) in [5.41, 5.74) is 1.58. The van der Waals surface area contributed by atoms with Crippen LogP contribution >= 0.6 is 0 Å². The zero-order valence-corrected chi connectivity index (χ0v) is 13.4. The highest BCUT2D eigenvalue weighted by molar-refractivity contribution is 5.88. The van der Waals surface area contributed by atoms with E-state index >= 15 is 0 Å². The Balaban J connectivity index is 1.84. The first-order valence-corrected chi connectivity index (χ1v) is 7.76. The number of urea groups is 1. The predicted molar refractivity (Wildman–Crippen MR) is 87.8 cm³/mol. The van der Waals surface area contributed by atoms with Crippen LogP contribution in [-0.4, -0.2) is 45.9 Å². The van der Waals surface area contributed by atoms with E-state index in [4.69, 9.17) is 0 Å². The molecule has 1 aliphatic heterocycles. The molecule has 1 aliphatic rings. The summed E-state index contributed by atoms with van der Waals surface area (Å²) < 4.78 is 1.67. The first-order chi connectivity index (χ1) is 11.2. The standard InChI is InChI=1S/C15H21N7O/c1-11-3-5-21(6-4-11)13-8-17-10-18-14(13)22-9-12(7-19-22)20-15(23)16-2/h7-11H,3-6H2,1-2H3,(H2,16,20,23). The van der Waals surface area contributed by atoms with E-state index in [0.717, 1.165) is 43.4 Å². The third kappa shape index (κ3) is 3.41. The van der Waals surface area contributed by atoms with E-state index in [0.29, 0.717) is 5.69 Å². The summed E-state index contributed by atoms with van der Waals surface area (Å²) in [6.45, 7) is 4.27. The molecular weight excluding hydrogens is 294 g/mol. The number of piperidine rings is 1. The average molecular weight is 315 g/mol. The van der Waals surface area contributed by atoms with Crippen molar-refractivity contribution in [1.29, 1.82) is 0 Å². The van der Waals surface area contributed by atoms with Gasteiger partial charge in [-0.3, -0.25) is 0 Å². The molecule has 0 spiro atoms. The van der Waals surface area contributed by atoms with Crippen LogP contribution in [0.3, 0.4) is 0 Å². The van der Waals surface area contributed by atoms with Crippen LogP contribution in [0.1, 0.15) is 19.8 Å². The van der Waals surface area contributed by atoms with Gasteiger partial charge in [0.15, 0.2) is 5.82 Å². The Hall–Kier alpha value is -2.64. The second kappa shape index (κ2) is 6.64. The quantitative estimate of drug-likeness (QED) is 0.899. The molecule has 2 aromatic rings. The summed E-state index contributed by atoms with van der Waals surface area (Å²) >= 11 is 0. The largest absolute Gasteiger partial charge is 0.367 e. The van der Waals surface area contributed by atoms with E-state index < -0.39 is 0 Å². The molecule has 1 fully saturated rings. The molecule has 0 bridgehead atoms. The fourth-order valence-corrected chi connectivity index (χ4v) is 2.66. The number of aromatic nitrogens is 4. The van der Waals surface area contributed by atoms with E-state index in [1.807, 2.05) is 6.20 Å². The molecule has 23 heavy (non-hydrogen) atoms. The van der Waals surface area contributed by atoms with Crippen molar-refractivity contribution >= 4 is 17.4 Å². The van der Waals surface area contributed by atoms with Gasteiger partial charge in [0.25, 0.3) is 0 Å². The topological polar surface area (TPSA) is 88.0 Å². The van der Waals surface area contributed by atoms with Crippen molar-refractivity contribution < 1.29 is 4.79 Å². The van der Waals surface area contributed by atoms with Crippen molar-refractivity contribution in [1.82, 2.24) is 25.1 Å². The molecule has 0 aromatic carbocycles. The number of carbonyl (C=O) groups is 1. The van der Waals surface area contributed by atoms with Gasteiger partial charge in [0.1, 0.15) is 12.0 Å². The number of nitrogens with one attached hydrogen (secondary N) is 2. The van der Waals surface area contributed by atoms with Gasteiger partial charge in [-0.2, -0.15) is 5.10 Å². The zero-order chi connectivity index (χ0) is 16.2. The molecule has 8 nitrogen and oxygen atoms in total. The molecule has 0 saturated carbocycles. The molecule has 2 aromatic heterocycles. The first-order valence-electron chi connectivity index (χ1n) is 7.76. The molecule has 2 N–H and O–H groups in total. The maximum Gasteiger partial charge on any atom is 0.319 e. The third-order valence-corrected chi connectivity index (χ3v) is 4.08. The lowest BCUT2D eigenvalue weighted by Gasteiger charge is -2.32. The van der Waals surface area contributed by atoms with Crippen LogP contribution in [0.5, 0.6) is 0 Å². The van der Waals surface area contributed by atoms with Gasteiger partial charge < -0.3 is 15.5 Å². The highest BCUT2D eigenvalue weighted by atomic mass is 16.2. The Bertz CT molecular complexity index is 676. The molecule has 0 atom stereocenters. The number of anilines is 2. The summed E-state index contributed by atoms with van der Waals surface area (Å²) in [7, 11) is 1.57. The molecule has 0 unspecified atom stereocenters. The van der Waals surface area contributed by atoms with Gasteiger partial charge in [0.2, 0.25) is 0 Å². The van der Waals surface area contributed by atoms with Crippen LogP contribution < -0.4 is 15.5 Å². The summed E-state index contributed by atoms with van der Waals surface area (Å²) in [5, 5.41) is 9.51. The van der Waals surface area contributed by atoms with Crippen LogP contribution in [0, 0.1) is 5.92 Å². The molecule has 2 amide bonds. The molecule has 3 heterocycles. The minimum Gasteiger partial charge on any atom is -0.367 e. The van der Waals surface area contributed by atoms with Crippen LogP contribution in [0.2, 0.25) is 0 Å². The van der Waals surface area contributed by atoms with Gasteiger partial charge in [-0.25, -0.2) is 19.4 Å². The van der Waals surface area contributed by atoms with E-state index in [1.165, 1.54) is 6.33 Å². The van der Waals surface area contributed by atoms with E-state index in [-0.39, 0.29) is 6.03 Å². The number of hydrogen-bond donors (Lipinski definition) is 2. The maximum absolute atomic E-state index is 11.4. The summed E-state index contributed by atoms with van der Waals surface area (Å²) in [4.78, 5) is 22.2. The number of rotatable bonds is 3. The smallest absolute Gasteiger partial charge is 0.319 e. The predicted octanol–water partition coefficient (Wildman–Crippen LogP) is 1.65. The van der Waals surface area contributed by atoms with Crippen LogP contribution in [-0.2, 0) is 0 Å². The second-order valence-corrected chi connectivity index (χ2v) is 5.78. The van der Waals surface area contributed by atoms with Crippen LogP contribution in [0.15, 0.2) is 24.9 Å². The van der Waals surface area contributed by atoms with Crippen molar-refractivity contribution in [2.75, 3.05) is 30.4 Å². The third-order valence-electron chi connectivity index (χ3n) is 4.08. The van der Waals surface area contributed by atoms with Gasteiger partial charge in [-0.1, -0.05) is 6.92 Å². The van der Waals surface area contributed by atoms with Crippen molar-refractivity contribution in [3.63, 3.8) is 0 Å². The fraction of sp³-hybridized carbons (Fsp3) is 0.467. The monoisotopic (exact) mass is 315 g/mol. The van der Waals surface area contributed by atoms with Gasteiger partial charge in [0, 0.05) is 20.1 Å². The SMILES string of the molecule is CNC(=O)Nc1cnn(-c2ncncc2N2CCC(C)CC2)c1. The summed E-state index contributed by atoms with van der Waals surface area (Å²) in [5.74, 6) is 1.48. The minimum absolute atomic E-state index is 0.280. The van der Waals surface area contributed by atoms with E-state index in [1.54, 1.807) is 24.1 Å². The van der Waals surface area contributed by atoms with Gasteiger partial charge in [0.05, 0.1) is 24.3 Å². The van der Waals surface area contributed by atoms with Gasteiger partial charge in [-0.15, -0.1) is 0 Å². The fourth-order valence-electron chi connectivity index (χ4n) is 2.66. The summed E-state index contributed by atoms with van der Waals surface area (Å²) in [6, 6.07) is -0.280. The van der Waals surface area contributed by atoms with Crippen molar-refractivity contribution in [2.45, 2.75) is 19.8 Å². The molecule has 1 saturated heterocycles. The lowest BCUT2D eigenvalue weighted by Crippen LogP contribution is -2.33. The first kappa shape index (κ1) is 15.3. The molecular formula is C15H21N7O. The van der Waals surface area contributed by atoms with Crippen LogP contribution in [0.25, 0.3) is 5.82 Å². The zero-order valence-electron chi connectivity index (χ0n) is 13.4. The number of hydrogen-bond acceptors (Lipinski definition) is 5. The Morgan fingerprint density at radius 1 is 1.30 bits per heavy atom. The Morgan fingerprint density at radius 3 is 2.83 bits per heavy atom. The maximum atomic E-state index is 11.4. The van der Waals surface area contributed by atoms with Crippen molar-refractivity contribution in [3.05, 3.63) is 24.9 Å². The molecule has 8 heteroatoms. The Kier molecular flexibility index (Phi) is 4.40. The lowest BCUT2D eigenvalue weighted by molar-refractivity contribution is 0.254. The highest BCUT2D eigenvalue weighted by Gasteiger charge is 2.20. The van der Waals surface area contributed by atoms with E-state index in [2.05, 4.69) is 37.5 Å². The van der Waals surface area contributed by atoms with E-state index in [9.17, 15) is 4.79 Å². The molecule has 3 rings (SSSR count). The van der Waals surface area contributed by atoms with Crippen molar-refractivity contribution in [3.8, 4) is 5.82 Å². The van der Waals surface area contributed by atoms with Gasteiger partial charge >= 0.3 is 6.03 Å². The lowest BCUT2D eigenvalue weighted by atomic mass is 9.99. The van der Waals surface area contributed by atoms with Crippen molar-refractivity contribution in [2.24, 2.45) is 5.92 Å². The number of carbonyl (C=O) groups excluding carboxylic acids is 1. The second-order valence-electron chi connectivity index (χ2n) is 5.78. The molecule has 0 radical (unpaired) electrons. The van der Waals surface area contributed by atoms with Crippen LogP contribution in [0.4, 0.5) is 16.2 Å². The highest BCUT2D eigenvalue weighted by Crippen LogP contribution is 2.26. The number of nitrogens with zero attached hydrogens (tertiary/aromatic N) is 5. The molecule has 0 aliphatic carbocycles. The normalized spacial score (nSPS) is 15.5. The number of amides is 2. The summed E-state index contributed by atoms with van der Waals surface area (Å²) in [6.07, 6.45) is 9.01. The van der Waals surface area contributed by atoms with Gasteiger partial charge in [-0.05, 0) is 18.8 Å². The Labute approximate surface area is 134 Å². The molecule has 122 valence electrons. The Morgan fingerprint density at radius 2 is 2.09 bits per heavy atom. The average Bonchev–Trinajstić information content (AvgIpc) is 3.04.